The Morgan fingerprint density at radius 3 is 2.58 bits per heavy atom. The summed E-state index contributed by atoms with van der Waals surface area (Å²) in [5, 5.41) is 3.34. The van der Waals surface area contributed by atoms with Crippen LogP contribution in [0.5, 0.6) is 0 Å². The Kier molecular flexibility index (Phi) is 6.54. The van der Waals surface area contributed by atoms with Crippen LogP contribution in [0.25, 0.3) is 0 Å². The number of carbonyl (C=O) groups is 2. The zero-order chi connectivity index (χ0) is 16.4. The predicted octanol–water partition coefficient (Wildman–Crippen LogP) is 2.00. The van der Waals surface area contributed by atoms with E-state index in [0.717, 1.165) is 25.3 Å². The van der Waals surface area contributed by atoms with Crippen molar-refractivity contribution in [2.75, 3.05) is 37.3 Å². The monoisotopic (exact) mass is 369 g/mol. The summed E-state index contributed by atoms with van der Waals surface area (Å²) in [5.41, 5.74) is 0.886. The molecule has 5 nitrogen and oxygen atoms in total. The third kappa shape index (κ3) is 4.05. The highest BCUT2D eigenvalue weighted by atomic mass is 35.5. The minimum Gasteiger partial charge on any atom is -0.340 e. The highest BCUT2D eigenvalue weighted by Crippen LogP contribution is 2.28. The number of nitrogens with zero attached hydrogens (tertiary/aromatic N) is 2. The number of hydrogen-bond donors (Lipinski definition) is 1. The predicted molar refractivity (Wildman–Crippen MR) is 100.0 cm³/mol. The highest BCUT2D eigenvalue weighted by molar-refractivity contribution is 7.98. The number of nitrogens with one attached hydrogen (secondary N) is 1. The van der Waals surface area contributed by atoms with Crippen LogP contribution in [0.3, 0.4) is 0 Å². The number of rotatable bonds is 3. The molecule has 2 fully saturated rings. The lowest BCUT2D eigenvalue weighted by molar-refractivity contribution is -0.136. The summed E-state index contributed by atoms with van der Waals surface area (Å²) in [6, 6.07) is 8.27. The molecule has 1 aromatic carbocycles. The molecule has 0 radical (unpaired) electrons. The molecular formula is C17H24ClN3O2S. The summed E-state index contributed by atoms with van der Waals surface area (Å²) >= 11 is 1.68. The SMILES string of the molecule is CSc1ccc(N2CC(C(=O)N3CCNC(C)C3)CC2=O)cc1.Cl. The fraction of sp³-hybridized carbons (Fsp3) is 0.529. The lowest BCUT2D eigenvalue weighted by Crippen LogP contribution is -2.53. The lowest BCUT2D eigenvalue weighted by Gasteiger charge is -2.33. The highest BCUT2D eigenvalue weighted by Gasteiger charge is 2.37. The van der Waals surface area contributed by atoms with Crippen molar-refractivity contribution in [1.82, 2.24) is 10.2 Å². The van der Waals surface area contributed by atoms with Crippen LogP contribution in [0, 0.1) is 5.92 Å². The van der Waals surface area contributed by atoms with Gasteiger partial charge in [0.1, 0.15) is 0 Å². The Morgan fingerprint density at radius 1 is 1.25 bits per heavy atom. The van der Waals surface area contributed by atoms with E-state index in [-0.39, 0.29) is 30.1 Å². The summed E-state index contributed by atoms with van der Waals surface area (Å²) in [6.07, 6.45) is 2.35. The number of amides is 2. The number of thioether (sulfide) groups is 1. The Bertz CT molecular complexity index is 596. The van der Waals surface area contributed by atoms with E-state index in [0.29, 0.717) is 19.0 Å². The van der Waals surface area contributed by atoms with Crippen molar-refractivity contribution in [3.8, 4) is 0 Å². The van der Waals surface area contributed by atoms with Crippen LogP contribution in [-0.2, 0) is 9.59 Å². The molecule has 0 aliphatic carbocycles. The molecule has 2 aliphatic rings. The molecule has 1 aromatic rings. The second-order valence-corrected chi connectivity index (χ2v) is 7.12. The summed E-state index contributed by atoms with van der Waals surface area (Å²) < 4.78 is 0. The van der Waals surface area contributed by atoms with Gasteiger partial charge in [0.2, 0.25) is 11.8 Å². The minimum atomic E-state index is -0.215. The van der Waals surface area contributed by atoms with Crippen molar-refractivity contribution in [3.05, 3.63) is 24.3 Å². The lowest BCUT2D eigenvalue weighted by atomic mass is 10.1. The number of anilines is 1. The molecule has 2 atom stereocenters. The number of piperazine rings is 1. The van der Waals surface area contributed by atoms with Gasteiger partial charge in [-0.15, -0.1) is 24.2 Å². The van der Waals surface area contributed by atoms with Crippen molar-refractivity contribution >= 4 is 41.7 Å². The molecule has 7 heteroatoms. The number of hydrogen-bond acceptors (Lipinski definition) is 4. The average Bonchev–Trinajstić information content (AvgIpc) is 2.96. The van der Waals surface area contributed by atoms with Gasteiger partial charge in [0, 0.05) is 49.2 Å². The Labute approximate surface area is 153 Å². The summed E-state index contributed by atoms with van der Waals surface area (Å²) in [6.45, 7) is 4.86. The third-order valence-electron chi connectivity index (χ3n) is 4.54. The zero-order valence-electron chi connectivity index (χ0n) is 14.0. The third-order valence-corrected chi connectivity index (χ3v) is 5.28. The van der Waals surface area contributed by atoms with Gasteiger partial charge < -0.3 is 15.1 Å². The van der Waals surface area contributed by atoms with Crippen molar-refractivity contribution < 1.29 is 9.59 Å². The molecule has 3 rings (SSSR count). The first kappa shape index (κ1) is 19.1. The largest absolute Gasteiger partial charge is 0.340 e. The summed E-state index contributed by atoms with van der Waals surface area (Å²) in [5.74, 6) is -0.0496. The van der Waals surface area contributed by atoms with Gasteiger partial charge in [0.25, 0.3) is 0 Å². The van der Waals surface area contributed by atoms with Gasteiger partial charge >= 0.3 is 0 Å². The second-order valence-electron chi connectivity index (χ2n) is 6.24. The van der Waals surface area contributed by atoms with E-state index in [9.17, 15) is 9.59 Å². The van der Waals surface area contributed by atoms with Gasteiger partial charge in [-0.3, -0.25) is 9.59 Å². The molecule has 2 aliphatic heterocycles. The maximum atomic E-state index is 12.7. The molecular weight excluding hydrogens is 346 g/mol. The number of halogens is 1. The molecule has 2 unspecified atom stereocenters. The smallest absolute Gasteiger partial charge is 0.228 e. The van der Waals surface area contributed by atoms with Crippen LogP contribution in [0.1, 0.15) is 13.3 Å². The van der Waals surface area contributed by atoms with E-state index in [1.807, 2.05) is 35.4 Å². The standard InChI is InChI=1S/C17H23N3O2S.ClH/c1-12-10-19(8-7-18-12)17(22)13-9-16(21)20(11-13)14-3-5-15(23-2)6-4-14;/h3-6,12-13,18H,7-11H2,1-2H3;1H. The molecule has 0 saturated carbocycles. The van der Waals surface area contributed by atoms with Crippen molar-refractivity contribution in [3.63, 3.8) is 0 Å². The van der Waals surface area contributed by atoms with Gasteiger partial charge in [-0.2, -0.15) is 0 Å². The summed E-state index contributed by atoms with van der Waals surface area (Å²) in [4.78, 5) is 29.8. The minimum absolute atomic E-state index is 0. The molecule has 1 N–H and O–H groups in total. The van der Waals surface area contributed by atoms with Crippen LogP contribution in [0.2, 0.25) is 0 Å². The molecule has 0 spiro atoms. The van der Waals surface area contributed by atoms with Crippen LogP contribution in [0.4, 0.5) is 5.69 Å². The van der Waals surface area contributed by atoms with Crippen LogP contribution < -0.4 is 10.2 Å². The maximum absolute atomic E-state index is 12.7. The second kappa shape index (κ2) is 8.23. The molecule has 0 aromatic heterocycles. The van der Waals surface area contributed by atoms with Crippen molar-refractivity contribution in [2.24, 2.45) is 5.92 Å². The van der Waals surface area contributed by atoms with E-state index in [1.165, 1.54) is 4.90 Å². The van der Waals surface area contributed by atoms with Gasteiger partial charge in [-0.05, 0) is 37.4 Å². The fourth-order valence-corrected chi connectivity index (χ4v) is 3.68. The van der Waals surface area contributed by atoms with Crippen LogP contribution in [0.15, 0.2) is 29.2 Å². The Hall–Kier alpha value is -1.24. The van der Waals surface area contributed by atoms with Gasteiger partial charge in [0.05, 0.1) is 5.92 Å². The maximum Gasteiger partial charge on any atom is 0.228 e. The molecule has 0 bridgehead atoms. The van der Waals surface area contributed by atoms with Crippen LogP contribution in [-0.4, -0.2) is 55.2 Å². The van der Waals surface area contributed by atoms with E-state index in [1.54, 1.807) is 16.7 Å². The van der Waals surface area contributed by atoms with E-state index in [2.05, 4.69) is 12.2 Å². The van der Waals surface area contributed by atoms with Crippen molar-refractivity contribution in [1.29, 1.82) is 0 Å². The molecule has 24 heavy (non-hydrogen) atoms. The molecule has 132 valence electrons. The number of carbonyl (C=O) groups excluding carboxylic acids is 2. The van der Waals surface area contributed by atoms with Crippen LogP contribution >= 0.6 is 24.2 Å². The first-order valence-electron chi connectivity index (χ1n) is 8.05. The van der Waals surface area contributed by atoms with E-state index < -0.39 is 0 Å². The summed E-state index contributed by atoms with van der Waals surface area (Å²) in [7, 11) is 0. The first-order valence-corrected chi connectivity index (χ1v) is 9.27. The molecule has 2 saturated heterocycles. The van der Waals surface area contributed by atoms with Gasteiger partial charge in [0.15, 0.2) is 0 Å². The molecule has 2 heterocycles. The first-order chi connectivity index (χ1) is 11.1. The Morgan fingerprint density at radius 2 is 1.96 bits per heavy atom. The van der Waals surface area contributed by atoms with E-state index in [4.69, 9.17) is 0 Å². The average molecular weight is 370 g/mol. The van der Waals surface area contributed by atoms with E-state index >= 15 is 0 Å². The number of benzene rings is 1. The fourth-order valence-electron chi connectivity index (χ4n) is 3.28. The topological polar surface area (TPSA) is 52.7 Å². The van der Waals surface area contributed by atoms with Gasteiger partial charge in [-0.1, -0.05) is 0 Å². The van der Waals surface area contributed by atoms with Crippen molar-refractivity contribution in [2.45, 2.75) is 24.3 Å². The zero-order valence-corrected chi connectivity index (χ0v) is 15.7. The molecule has 2 amide bonds. The Balaban J connectivity index is 0.00000208. The normalized spacial score (nSPS) is 24.0. The quantitative estimate of drug-likeness (QED) is 0.828. The van der Waals surface area contributed by atoms with Gasteiger partial charge in [-0.25, -0.2) is 0 Å².